The summed E-state index contributed by atoms with van der Waals surface area (Å²) in [6.07, 6.45) is -5.15. The SMILES string of the molecule is CC(=O)COc1nc2c(C(F)(F)F)cc(-c3ccc4c(c3)OCO4)nc2o1. The van der Waals surface area contributed by atoms with Crippen LogP contribution in [0.15, 0.2) is 28.7 Å². The van der Waals surface area contributed by atoms with Gasteiger partial charge < -0.3 is 18.6 Å². The highest BCUT2D eigenvalue weighted by molar-refractivity contribution is 5.80. The van der Waals surface area contributed by atoms with Crippen LogP contribution >= 0.6 is 0 Å². The minimum Gasteiger partial charge on any atom is -0.454 e. The highest BCUT2D eigenvalue weighted by atomic mass is 19.4. The Morgan fingerprint density at radius 1 is 1.19 bits per heavy atom. The molecule has 0 radical (unpaired) electrons. The van der Waals surface area contributed by atoms with Crippen LogP contribution in [-0.2, 0) is 11.0 Å². The normalized spacial score (nSPS) is 13.2. The Morgan fingerprint density at radius 2 is 1.96 bits per heavy atom. The summed E-state index contributed by atoms with van der Waals surface area (Å²) in [6, 6.07) is 5.54. The van der Waals surface area contributed by atoms with Crippen molar-refractivity contribution in [1.82, 2.24) is 9.97 Å². The number of halogens is 3. The zero-order valence-corrected chi connectivity index (χ0v) is 13.8. The van der Waals surface area contributed by atoms with Gasteiger partial charge in [0, 0.05) is 5.56 Å². The minimum atomic E-state index is -4.69. The van der Waals surface area contributed by atoms with E-state index in [9.17, 15) is 18.0 Å². The Bertz CT molecular complexity index is 1040. The first kappa shape index (κ1) is 17.1. The summed E-state index contributed by atoms with van der Waals surface area (Å²) in [5.41, 5.74) is -1.47. The highest BCUT2D eigenvalue weighted by Gasteiger charge is 2.36. The molecular formula is C17H11F3N2O5. The second-order valence-electron chi connectivity index (χ2n) is 5.75. The molecule has 0 atom stereocenters. The molecule has 27 heavy (non-hydrogen) atoms. The molecule has 0 amide bonds. The number of ether oxygens (including phenoxy) is 3. The number of hydrogen-bond acceptors (Lipinski definition) is 7. The second-order valence-corrected chi connectivity index (χ2v) is 5.75. The Balaban J connectivity index is 1.83. The van der Waals surface area contributed by atoms with E-state index < -0.39 is 23.3 Å². The Hall–Kier alpha value is -3.30. The van der Waals surface area contributed by atoms with Crippen molar-refractivity contribution in [2.24, 2.45) is 0 Å². The lowest BCUT2D eigenvalue weighted by Gasteiger charge is -2.09. The third-order valence-electron chi connectivity index (χ3n) is 3.72. The summed E-state index contributed by atoms with van der Waals surface area (Å²) in [5, 5.41) is 0. The molecule has 0 spiro atoms. The lowest BCUT2D eigenvalue weighted by atomic mass is 10.1. The van der Waals surface area contributed by atoms with Crippen LogP contribution in [-0.4, -0.2) is 29.2 Å². The van der Waals surface area contributed by atoms with Crippen molar-refractivity contribution in [3.63, 3.8) is 0 Å². The maximum atomic E-state index is 13.5. The number of fused-ring (bicyclic) bond motifs is 2. The molecule has 0 fully saturated rings. The maximum absolute atomic E-state index is 13.5. The monoisotopic (exact) mass is 380 g/mol. The molecule has 0 bridgehead atoms. The van der Waals surface area contributed by atoms with Crippen LogP contribution in [0, 0.1) is 0 Å². The van der Waals surface area contributed by atoms with E-state index >= 15 is 0 Å². The molecule has 0 N–H and O–H groups in total. The van der Waals surface area contributed by atoms with E-state index in [2.05, 4.69) is 9.97 Å². The third kappa shape index (κ3) is 3.25. The maximum Gasteiger partial charge on any atom is 0.418 e. The molecule has 7 nitrogen and oxygen atoms in total. The lowest BCUT2D eigenvalue weighted by molar-refractivity contribution is -0.136. The summed E-state index contributed by atoms with van der Waals surface area (Å²) in [4.78, 5) is 18.8. The van der Waals surface area contributed by atoms with Gasteiger partial charge in [-0.1, -0.05) is 0 Å². The van der Waals surface area contributed by atoms with Gasteiger partial charge in [0.25, 0.3) is 5.71 Å². The van der Waals surface area contributed by atoms with Gasteiger partial charge in [-0.25, -0.2) is 4.98 Å². The molecule has 0 saturated heterocycles. The molecule has 0 unspecified atom stereocenters. The average Bonchev–Trinajstić information content (AvgIpc) is 3.23. The molecule has 1 aliphatic heterocycles. The topological polar surface area (TPSA) is 83.7 Å². The molecule has 140 valence electrons. The number of Topliss-reactive ketones (excluding diaryl/α,β-unsaturated/α-hetero) is 1. The first-order valence-electron chi connectivity index (χ1n) is 7.72. The number of pyridine rings is 1. The fourth-order valence-corrected chi connectivity index (χ4v) is 2.54. The summed E-state index contributed by atoms with van der Waals surface area (Å²) in [6.45, 7) is 0.932. The van der Waals surface area contributed by atoms with E-state index in [1.807, 2.05) is 0 Å². The minimum absolute atomic E-state index is 0.0161. The summed E-state index contributed by atoms with van der Waals surface area (Å²) in [7, 11) is 0. The van der Waals surface area contributed by atoms with Gasteiger partial charge in [0.05, 0.1) is 11.3 Å². The highest BCUT2D eigenvalue weighted by Crippen LogP contribution is 2.40. The fourth-order valence-electron chi connectivity index (χ4n) is 2.54. The molecule has 10 heteroatoms. The molecule has 2 aromatic heterocycles. The second kappa shape index (κ2) is 6.15. The van der Waals surface area contributed by atoms with Crippen LogP contribution in [0.2, 0.25) is 0 Å². The van der Waals surface area contributed by atoms with E-state index in [1.165, 1.54) is 13.0 Å². The molecule has 1 aliphatic rings. The van der Waals surface area contributed by atoms with Crippen LogP contribution < -0.4 is 14.2 Å². The van der Waals surface area contributed by atoms with Crippen molar-refractivity contribution in [2.75, 3.05) is 13.4 Å². The predicted molar refractivity (Wildman–Crippen MR) is 84.5 cm³/mol. The molecule has 3 aromatic rings. The Kier molecular flexibility index (Phi) is 3.90. The van der Waals surface area contributed by atoms with Crippen molar-refractivity contribution < 1.29 is 36.6 Å². The number of ketones is 1. The molecule has 3 heterocycles. The number of hydrogen-bond donors (Lipinski definition) is 0. The number of nitrogens with zero attached hydrogens (tertiary/aromatic N) is 2. The van der Waals surface area contributed by atoms with Gasteiger partial charge in [-0.05, 0) is 31.2 Å². The van der Waals surface area contributed by atoms with Gasteiger partial charge in [-0.15, -0.1) is 0 Å². The van der Waals surface area contributed by atoms with Crippen LogP contribution in [0.1, 0.15) is 12.5 Å². The number of benzene rings is 1. The number of carbonyl (C=O) groups excluding carboxylic acids is 1. The molecule has 1 aromatic carbocycles. The van der Waals surface area contributed by atoms with Crippen molar-refractivity contribution in [3.05, 3.63) is 29.8 Å². The number of rotatable bonds is 4. The van der Waals surface area contributed by atoms with E-state index in [1.54, 1.807) is 12.1 Å². The quantitative estimate of drug-likeness (QED) is 0.684. The Morgan fingerprint density at radius 3 is 2.70 bits per heavy atom. The zero-order valence-electron chi connectivity index (χ0n) is 13.8. The summed E-state index contributed by atoms with van der Waals surface area (Å²) < 4.78 is 61.1. The van der Waals surface area contributed by atoms with Crippen molar-refractivity contribution in [3.8, 4) is 28.8 Å². The third-order valence-corrected chi connectivity index (χ3v) is 3.72. The van der Waals surface area contributed by atoms with Gasteiger partial charge >= 0.3 is 12.3 Å². The molecule has 4 rings (SSSR count). The number of aromatic nitrogens is 2. The molecule has 0 saturated carbocycles. The Labute approximate surface area is 149 Å². The van der Waals surface area contributed by atoms with E-state index in [0.717, 1.165) is 6.07 Å². The van der Waals surface area contributed by atoms with Gasteiger partial charge in [0.15, 0.2) is 23.9 Å². The van der Waals surface area contributed by atoms with Crippen molar-refractivity contribution in [2.45, 2.75) is 13.1 Å². The summed E-state index contributed by atoms with van der Waals surface area (Å²) in [5.74, 6) is 0.573. The van der Waals surface area contributed by atoms with E-state index in [0.29, 0.717) is 17.1 Å². The van der Waals surface area contributed by atoms with Gasteiger partial charge in [-0.2, -0.15) is 18.2 Å². The first-order chi connectivity index (χ1) is 12.8. The fraction of sp³-hybridized carbons (Fsp3) is 0.235. The van der Waals surface area contributed by atoms with Crippen LogP contribution in [0.3, 0.4) is 0 Å². The zero-order chi connectivity index (χ0) is 19.2. The van der Waals surface area contributed by atoms with Gasteiger partial charge in [-0.3, -0.25) is 4.79 Å². The predicted octanol–water partition coefficient (Wildman–Crippen LogP) is 3.61. The molecular weight excluding hydrogens is 369 g/mol. The van der Waals surface area contributed by atoms with Crippen LogP contribution in [0.5, 0.6) is 17.6 Å². The van der Waals surface area contributed by atoms with Gasteiger partial charge in [0.2, 0.25) is 6.79 Å². The van der Waals surface area contributed by atoms with E-state index in [4.69, 9.17) is 18.6 Å². The number of alkyl halides is 3. The lowest BCUT2D eigenvalue weighted by Crippen LogP contribution is -2.08. The largest absolute Gasteiger partial charge is 0.454 e. The van der Waals surface area contributed by atoms with Gasteiger partial charge in [0.1, 0.15) is 5.52 Å². The summed E-state index contributed by atoms with van der Waals surface area (Å²) >= 11 is 0. The van der Waals surface area contributed by atoms with Crippen molar-refractivity contribution >= 4 is 17.0 Å². The van der Waals surface area contributed by atoms with Crippen LogP contribution in [0.25, 0.3) is 22.5 Å². The number of oxazole rings is 1. The first-order valence-corrected chi connectivity index (χ1v) is 7.72. The standard InChI is InChI=1S/C17H11F3N2O5/c1-8(23)6-24-16-22-14-10(17(18,19)20)5-11(21-15(14)27-16)9-2-3-12-13(4-9)26-7-25-12/h2-5H,6-7H2,1H3. The average molecular weight is 380 g/mol. The van der Waals surface area contributed by atoms with Crippen molar-refractivity contribution in [1.29, 1.82) is 0 Å². The smallest absolute Gasteiger partial charge is 0.418 e. The van der Waals surface area contributed by atoms with E-state index in [-0.39, 0.29) is 30.6 Å². The van der Waals surface area contributed by atoms with Crippen LogP contribution in [0.4, 0.5) is 13.2 Å². The molecule has 0 aliphatic carbocycles. The number of carbonyl (C=O) groups is 1.